The normalized spacial score (nSPS) is 13.0. The molecule has 3 aromatic carbocycles. The number of rotatable bonds is 3. The van der Waals surface area contributed by atoms with E-state index in [-0.39, 0.29) is 17.7 Å². The SMILES string of the molecule is CC(=O)Nc1ccccc1Nc1ccc2c3c(cccc13)C(=O)N(C)C2=O. The van der Waals surface area contributed by atoms with Crippen LogP contribution in [-0.2, 0) is 4.79 Å². The number of hydrogen-bond acceptors (Lipinski definition) is 4. The molecule has 0 unspecified atom stereocenters. The van der Waals surface area contributed by atoms with Crippen molar-refractivity contribution in [2.75, 3.05) is 17.7 Å². The molecular formula is C21H17N3O3. The molecule has 1 aliphatic heterocycles. The first-order valence-electron chi connectivity index (χ1n) is 8.49. The molecule has 27 heavy (non-hydrogen) atoms. The molecule has 0 atom stereocenters. The lowest BCUT2D eigenvalue weighted by Crippen LogP contribution is -2.36. The highest BCUT2D eigenvalue weighted by molar-refractivity contribution is 6.26. The van der Waals surface area contributed by atoms with Gasteiger partial charge in [-0.15, -0.1) is 0 Å². The maximum Gasteiger partial charge on any atom is 0.261 e. The summed E-state index contributed by atoms with van der Waals surface area (Å²) in [4.78, 5) is 37.6. The van der Waals surface area contributed by atoms with E-state index >= 15 is 0 Å². The molecule has 4 rings (SSSR count). The van der Waals surface area contributed by atoms with Crippen LogP contribution >= 0.6 is 0 Å². The standard InChI is InChI=1S/C21H17N3O3/c1-12(25)22-17-8-3-4-9-18(17)23-16-11-10-15-19-13(16)6-5-7-14(19)20(26)24(2)21(15)27/h3-11,23H,1-2H3,(H,22,25). The first-order valence-corrected chi connectivity index (χ1v) is 8.49. The molecule has 2 N–H and O–H groups in total. The van der Waals surface area contributed by atoms with Gasteiger partial charge in [-0.3, -0.25) is 19.3 Å². The Hall–Kier alpha value is -3.67. The summed E-state index contributed by atoms with van der Waals surface area (Å²) in [6.45, 7) is 1.45. The summed E-state index contributed by atoms with van der Waals surface area (Å²) in [7, 11) is 1.49. The number of nitrogens with zero attached hydrogens (tertiary/aromatic N) is 1. The van der Waals surface area contributed by atoms with E-state index in [0.29, 0.717) is 22.2 Å². The second-order valence-electron chi connectivity index (χ2n) is 6.41. The molecule has 3 aromatic rings. The second-order valence-corrected chi connectivity index (χ2v) is 6.41. The Balaban J connectivity index is 1.86. The van der Waals surface area contributed by atoms with Crippen LogP contribution in [-0.4, -0.2) is 29.7 Å². The minimum atomic E-state index is -0.311. The van der Waals surface area contributed by atoms with Crippen LogP contribution < -0.4 is 10.6 Å². The van der Waals surface area contributed by atoms with Crippen molar-refractivity contribution in [1.29, 1.82) is 0 Å². The van der Waals surface area contributed by atoms with Gasteiger partial charge < -0.3 is 10.6 Å². The summed E-state index contributed by atoms with van der Waals surface area (Å²) in [6, 6.07) is 16.3. The van der Waals surface area contributed by atoms with Crippen molar-refractivity contribution < 1.29 is 14.4 Å². The van der Waals surface area contributed by atoms with Crippen molar-refractivity contribution in [3.8, 4) is 0 Å². The Morgan fingerprint density at radius 1 is 0.815 bits per heavy atom. The summed E-state index contributed by atoms with van der Waals surface area (Å²) in [5, 5.41) is 7.53. The molecule has 0 spiro atoms. The van der Waals surface area contributed by atoms with E-state index in [1.165, 1.54) is 14.0 Å². The van der Waals surface area contributed by atoms with E-state index in [1.54, 1.807) is 24.3 Å². The van der Waals surface area contributed by atoms with Crippen molar-refractivity contribution in [3.05, 3.63) is 65.7 Å². The Bertz CT molecular complexity index is 1100. The van der Waals surface area contributed by atoms with Crippen LogP contribution in [0, 0.1) is 0 Å². The molecule has 6 heteroatoms. The number of nitrogens with one attached hydrogen (secondary N) is 2. The molecule has 0 bridgehead atoms. The number of carbonyl (C=O) groups excluding carboxylic acids is 3. The summed E-state index contributed by atoms with van der Waals surface area (Å²) >= 11 is 0. The summed E-state index contributed by atoms with van der Waals surface area (Å²) in [5.74, 6) is -0.789. The van der Waals surface area contributed by atoms with E-state index < -0.39 is 0 Å². The van der Waals surface area contributed by atoms with Gasteiger partial charge in [-0.2, -0.15) is 0 Å². The third-order valence-corrected chi connectivity index (χ3v) is 4.62. The lowest BCUT2D eigenvalue weighted by molar-refractivity contribution is -0.114. The average molecular weight is 359 g/mol. The van der Waals surface area contributed by atoms with Crippen molar-refractivity contribution in [1.82, 2.24) is 4.90 Å². The van der Waals surface area contributed by atoms with Crippen LogP contribution in [0.15, 0.2) is 54.6 Å². The van der Waals surface area contributed by atoms with Crippen LogP contribution in [0.5, 0.6) is 0 Å². The smallest absolute Gasteiger partial charge is 0.261 e. The van der Waals surface area contributed by atoms with Gasteiger partial charge >= 0.3 is 0 Å². The Morgan fingerprint density at radius 2 is 1.48 bits per heavy atom. The topological polar surface area (TPSA) is 78.5 Å². The van der Waals surface area contributed by atoms with E-state index in [1.807, 2.05) is 30.3 Å². The van der Waals surface area contributed by atoms with E-state index in [0.717, 1.165) is 21.7 Å². The van der Waals surface area contributed by atoms with Gasteiger partial charge in [0.2, 0.25) is 5.91 Å². The fraction of sp³-hybridized carbons (Fsp3) is 0.0952. The molecule has 0 saturated carbocycles. The average Bonchev–Trinajstić information content (AvgIpc) is 2.66. The van der Waals surface area contributed by atoms with Gasteiger partial charge in [0.1, 0.15) is 0 Å². The van der Waals surface area contributed by atoms with E-state index in [2.05, 4.69) is 10.6 Å². The number of benzene rings is 3. The zero-order valence-corrected chi connectivity index (χ0v) is 14.9. The van der Waals surface area contributed by atoms with Crippen LogP contribution in [0.25, 0.3) is 10.8 Å². The molecule has 1 heterocycles. The minimum absolute atomic E-state index is 0.166. The molecular weight excluding hydrogens is 342 g/mol. The second kappa shape index (κ2) is 6.25. The summed E-state index contributed by atoms with van der Waals surface area (Å²) in [6.07, 6.45) is 0. The highest BCUT2D eigenvalue weighted by Gasteiger charge is 2.30. The molecule has 0 aromatic heterocycles. The predicted molar refractivity (Wildman–Crippen MR) is 104 cm³/mol. The minimum Gasteiger partial charge on any atom is -0.353 e. The Morgan fingerprint density at radius 3 is 2.19 bits per heavy atom. The van der Waals surface area contributed by atoms with Gasteiger partial charge in [0.05, 0.1) is 11.4 Å². The highest BCUT2D eigenvalue weighted by Crippen LogP contribution is 2.36. The fourth-order valence-corrected chi connectivity index (χ4v) is 3.36. The molecule has 0 radical (unpaired) electrons. The lowest BCUT2D eigenvalue weighted by atomic mass is 9.93. The van der Waals surface area contributed by atoms with Gasteiger partial charge in [0.15, 0.2) is 0 Å². The van der Waals surface area contributed by atoms with E-state index in [9.17, 15) is 14.4 Å². The number of anilines is 3. The maximum atomic E-state index is 12.5. The number of carbonyl (C=O) groups is 3. The van der Waals surface area contributed by atoms with Crippen LogP contribution in [0.1, 0.15) is 27.6 Å². The van der Waals surface area contributed by atoms with Gasteiger partial charge in [-0.05, 0) is 30.3 Å². The molecule has 6 nitrogen and oxygen atoms in total. The van der Waals surface area contributed by atoms with Crippen molar-refractivity contribution in [3.63, 3.8) is 0 Å². The Labute approximate surface area is 155 Å². The summed E-state index contributed by atoms with van der Waals surface area (Å²) < 4.78 is 0. The van der Waals surface area contributed by atoms with Crippen molar-refractivity contribution >= 4 is 45.6 Å². The van der Waals surface area contributed by atoms with E-state index in [4.69, 9.17) is 0 Å². The van der Waals surface area contributed by atoms with Crippen LogP contribution in [0.3, 0.4) is 0 Å². The predicted octanol–water partition coefficient (Wildman–Crippen LogP) is 3.77. The van der Waals surface area contributed by atoms with Gasteiger partial charge in [-0.25, -0.2) is 0 Å². The zero-order chi connectivity index (χ0) is 19.1. The molecule has 134 valence electrons. The summed E-state index contributed by atoms with van der Waals surface area (Å²) in [5.41, 5.74) is 3.13. The molecule has 3 amide bonds. The van der Waals surface area contributed by atoms with Gasteiger partial charge in [0, 0.05) is 41.6 Å². The molecule has 1 aliphatic rings. The van der Waals surface area contributed by atoms with Crippen molar-refractivity contribution in [2.45, 2.75) is 6.92 Å². The quantitative estimate of drug-likeness (QED) is 0.698. The van der Waals surface area contributed by atoms with Crippen LogP contribution in [0.4, 0.5) is 17.1 Å². The largest absolute Gasteiger partial charge is 0.353 e. The Kier molecular flexibility index (Phi) is 3.88. The molecule has 0 fully saturated rings. The number of imide groups is 1. The number of para-hydroxylation sites is 2. The van der Waals surface area contributed by atoms with Gasteiger partial charge in [-0.1, -0.05) is 24.3 Å². The highest BCUT2D eigenvalue weighted by atomic mass is 16.2. The van der Waals surface area contributed by atoms with Gasteiger partial charge in [0.25, 0.3) is 11.8 Å². The maximum absolute atomic E-state index is 12.5. The third-order valence-electron chi connectivity index (χ3n) is 4.62. The number of amides is 3. The zero-order valence-electron chi connectivity index (χ0n) is 14.9. The van der Waals surface area contributed by atoms with Crippen molar-refractivity contribution in [2.24, 2.45) is 0 Å². The molecule has 0 aliphatic carbocycles. The lowest BCUT2D eigenvalue weighted by Gasteiger charge is -2.25. The number of hydrogen-bond donors (Lipinski definition) is 2. The first-order chi connectivity index (χ1) is 13.0. The van der Waals surface area contributed by atoms with Crippen LogP contribution in [0.2, 0.25) is 0 Å². The fourth-order valence-electron chi connectivity index (χ4n) is 3.36. The third kappa shape index (κ3) is 2.71. The molecule has 0 saturated heterocycles. The monoisotopic (exact) mass is 359 g/mol. The first kappa shape index (κ1) is 16.8.